The van der Waals surface area contributed by atoms with Crippen LogP contribution in [0.4, 0.5) is 17.3 Å². The lowest BCUT2D eigenvalue weighted by atomic mass is 10.2. The predicted octanol–water partition coefficient (Wildman–Crippen LogP) is 2.16. The summed E-state index contributed by atoms with van der Waals surface area (Å²) in [6.45, 7) is 2.74. The molecule has 0 saturated carbocycles. The third kappa shape index (κ3) is 4.08. The van der Waals surface area contributed by atoms with Crippen molar-refractivity contribution in [1.82, 2.24) is 14.9 Å². The van der Waals surface area contributed by atoms with Crippen molar-refractivity contribution in [1.29, 1.82) is 0 Å². The van der Waals surface area contributed by atoms with Crippen LogP contribution >= 0.6 is 0 Å². The molecular weight excluding hydrogens is 332 g/mol. The number of benzene rings is 1. The zero-order valence-electron chi connectivity index (χ0n) is 15.4. The van der Waals surface area contributed by atoms with Crippen LogP contribution in [-0.2, 0) is 6.54 Å². The van der Waals surface area contributed by atoms with Gasteiger partial charge in [-0.25, -0.2) is 9.97 Å². The van der Waals surface area contributed by atoms with E-state index in [1.165, 1.54) is 0 Å². The highest BCUT2D eigenvalue weighted by Crippen LogP contribution is 2.23. The lowest BCUT2D eigenvalue weighted by molar-refractivity contribution is -0.384. The standard InChI is InChI=1S/C18H24N6O2/c1-21(2)17-10-18(20-13-19-17)22(3)16-8-9-23(12-16)11-14-4-6-15(7-5-14)24(25)26/h4-7,10,13,16H,8-9,11-12H2,1-3H3. The molecule has 8 nitrogen and oxygen atoms in total. The molecule has 0 bridgehead atoms. The third-order valence-corrected chi connectivity index (χ3v) is 4.81. The number of likely N-dealkylation sites (N-methyl/N-ethyl adjacent to an activating group) is 1. The summed E-state index contributed by atoms with van der Waals surface area (Å²) < 4.78 is 0. The second kappa shape index (κ2) is 7.65. The Balaban J connectivity index is 1.61. The van der Waals surface area contributed by atoms with E-state index in [1.54, 1.807) is 18.5 Å². The van der Waals surface area contributed by atoms with E-state index in [0.29, 0.717) is 6.04 Å². The fourth-order valence-electron chi connectivity index (χ4n) is 3.21. The number of nitrogens with zero attached hydrogens (tertiary/aromatic N) is 6. The molecule has 1 unspecified atom stereocenters. The largest absolute Gasteiger partial charge is 0.363 e. The summed E-state index contributed by atoms with van der Waals surface area (Å²) in [5.41, 5.74) is 1.23. The fourth-order valence-corrected chi connectivity index (χ4v) is 3.21. The Morgan fingerprint density at radius 3 is 2.54 bits per heavy atom. The topological polar surface area (TPSA) is 78.6 Å². The Morgan fingerprint density at radius 2 is 1.88 bits per heavy atom. The van der Waals surface area contributed by atoms with Gasteiger partial charge < -0.3 is 9.80 Å². The maximum Gasteiger partial charge on any atom is 0.269 e. The van der Waals surface area contributed by atoms with E-state index in [1.807, 2.05) is 37.2 Å². The van der Waals surface area contributed by atoms with E-state index >= 15 is 0 Å². The minimum atomic E-state index is -0.367. The molecule has 8 heteroatoms. The first-order valence-electron chi connectivity index (χ1n) is 8.62. The van der Waals surface area contributed by atoms with Crippen LogP contribution in [0.1, 0.15) is 12.0 Å². The monoisotopic (exact) mass is 356 g/mol. The van der Waals surface area contributed by atoms with Crippen LogP contribution in [0.2, 0.25) is 0 Å². The highest BCUT2D eigenvalue weighted by Gasteiger charge is 2.26. The van der Waals surface area contributed by atoms with Crippen molar-refractivity contribution in [3.05, 3.63) is 52.3 Å². The van der Waals surface area contributed by atoms with Crippen molar-refractivity contribution in [3.63, 3.8) is 0 Å². The van der Waals surface area contributed by atoms with Crippen molar-refractivity contribution in [2.75, 3.05) is 44.0 Å². The molecule has 0 aliphatic carbocycles. The van der Waals surface area contributed by atoms with Crippen LogP contribution < -0.4 is 9.80 Å². The molecule has 1 atom stereocenters. The Bertz CT molecular complexity index is 765. The number of anilines is 2. The number of hydrogen-bond acceptors (Lipinski definition) is 7. The lowest BCUT2D eigenvalue weighted by Crippen LogP contribution is -2.35. The summed E-state index contributed by atoms with van der Waals surface area (Å²) in [6.07, 6.45) is 2.66. The smallest absolute Gasteiger partial charge is 0.269 e. The summed E-state index contributed by atoms with van der Waals surface area (Å²) in [4.78, 5) is 25.6. The highest BCUT2D eigenvalue weighted by molar-refractivity contribution is 5.49. The van der Waals surface area contributed by atoms with Gasteiger partial charge in [-0.2, -0.15) is 0 Å². The second-order valence-electron chi connectivity index (χ2n) is 6.84. The van der Waals surface area contributed by atoms with E-state index in [4.69, 9.17) is 0 Å². The maximum absolute atomic E-state index is 10.8. The Morgan fingerprint density at radius 1 is 1.19 bits per heavy atom. The summed E-state index contributed by atoms with van der Waals surface area (Å²) in [6, 6.07) is 9.19. The summed E-state index contributed by atoms with van der Waals surface area (Å²) in [5, 5.41) is 10.8. The molecule has 1 aliphatic heterocycles. The molecule has 138 valence electrons. The zero-order valence-corrected chi connectivity index (χ0v) is 15.4. The number of nitro groups is 1. The molecule has 0 radical (unpaired) electrons. The molecule has 2 aromatic rings. The molecule has 0 spiro atoms. The first kappa shape index (κ1) is 18.1. The van der Waals surface area contributed by atoms with Gasteiger partial charge >= 0.3 is 0 Å². The van der Waals surface area contributed by atoms with E-state index < -0.39 is 0 Å². The van der Waals surface area contributed by atoms with Crippen LogP contribution in [0, 0.1) is 10.1 Å². The van der Waals surface area contributed by atoms with E-state index in [9.17, 15) is 10.1 Å². The Kier molecular flexibility index (Phi) is 5.32. The number of rotatable bonds is 6. The molecule has 3 rings (SSSR count). The molecule has 26 heavy (non-hydrogen) atoms. The SMILES string of the molecule is CN(C)c1cc(N(C)C2CCN(Cc3ccc([N+](=O)[O-])cc3)C2)ncn1. The fraction of sp³-hybridized carbons (Fsp3) is 0.444. The van der Waals surface area contributed by atoms with Crippen molar-refractivity contribution in [2.24, 2.45) is 0 Å². The first-order valence-corrected chi connectivity index (χ1v) is 8.62. The maximum atomic E-state index is 10.8. The molecule has 0 N–H and O–H groups in total. The number of non-ortho nitro benzene ring substituents is 1. The number of aromatic nitrogens is 2. The van der Waals surface area contributed by atoms with Crippen LogP contribution in [-0.4, -0.2) is 60.1 Å². The predicted molar refractivity (Wildman–Crippen MR) is 102 cm³/mol. The molecule has 1 aliphatic rings. The van der Waals surface area contributed by atoms with Gasteiger partial charge in [-0.05, 0) is 12.0 Å². The van der Waals surface area contributed by atoms with Gasteiger partial charge in [-0.1, -0.05) is 12.1 Å². The number of likely N-dealkylation sites (tertiary alicyclic amines) is 1. The quantitative estimate of drug-likeness (QED) is 0.580. The van der Waals surface area contributed by atoms with E-state index in [-0.39, 0.29) is 10.6 Å². The van der Waals surface area contributed by atoms with Crippen LogP contribution in [0.15, 0.2) is 36.7 Å². The molecule has 1 fully saturated rings. The Labute approximate surface area is 153 Å². The van der Waals surface area contributed by atoms with Gasteiger partial charge in [0.15, 0.2) is 0 Å². The molecular formula is C18H24N6O2. The average Bonchev–Trinajstić information content (AvgIpc) is 3.10. The van der Waals surface area contributed by atoms with Gasteiger partial charge in [0.1, 0.15) is 18.0 Å². The average molecular weight is 356 g/mol. The second-order valence-corrected chi connectivity index (χ2v) is 6.84. The molecule has 2 heterocycles. The van der Waals surface area contributed by atoms with Crippen molar-refractivity contribution >= 4 is 17.3 Å². The summed E-state index contributed by atoms with van der Waals surface area (Å²) in [7, 11) is 6.00. The van der Waals surface area contributed by atoms with Crippen molar-refractivity contribution < 1.29 is 4.92 Å². The Hall–Kier alpha value is -2.74. The van der Waals surface area contributed by atoms with Gasteiger partial charge in [0, 0.05) is 65.0 Å². The third-order valence-electron chi connectivity index (χ3n) is 4.81. The molecule has 1 aromatic heterocycles. The van der Waals surface area contributed by atoms with Crippen LogP contribution in [0.25, 0.3) is 0 Å². The van der Waals surface area contributed by atoms with E-state index in [2.05, 4.69) is 26.8 Å². The minimum Gasteiger partial charge on any atom is -0.363 e. The lowest BCUT2D eigenvalue weighted by Gasteiger charge is -2.26. The van der Waals surface area contributed by atoms with Crippen molar-refractivity contribution in [2.45, 2.75) is 19.0 Å². The van der Waals surface area contributed by atoms with Gasteiger partial charge in [-0.15, -0.1) is 0 Å². The number of hydrogen-bond donors (Lipinski definition) is 0. The van der Waals surface area contributed by atoms with Crippen LogP contribution in [0.5, 0.6) is 0 Å². The summed E-state index contributed by atoms with van der Waals surface area (Å²) in [5.74, 6) is 1.81. The first-order chi connectivity index (χ1) is 12.4. The zero-order chi connectivity index (χ0) is 18.7. The molecule has 0 amide bonds. The summed E-state index contributed by atoms with van der Waals surface area (Å²) >= 11 is 0. The van der Waals surface area contributed by atoms with Crippen LogP contribution in [0.3, 0.4) is 0 Å². The van der Waals surface area contributed by atoms with Gasteiger partial charge in [0.2, 0.25) is 0 Å². The van der Waals surface area contributed by atoms with E-state index in [0.717, 1.165) is 43.3 Å². The molecule has 1 saturated heterocycles. The van der Waals surface area contributed by atoms with Gasteiger partial charge in [0.25, 0.3) is 5.69 Å². The van der Waals surface area contributed by atoms with Gasteiger partial charge in [0.05, 0.1) is 4.92 Å². The highest BCUT2D eigenvalue weighted by atomic mass is 16.6. The van der Waals surface area contributed by atoms with Crippen molar-refractivity contribution in [3.8, 4) is 0 Å². The number of nitro benzene ring substituents is 1. The normalized spacial score (nSPS) is 17.3. The molecule has 1 aromatic carbocycles. The minimum absolute atomic E-state index is 0.133. The van der Waals surface area contributed by atoms with Gasteiger partial charge in [-0.3, -0.25) is 15.0 Å².